The molecule has 5 aliphatic rings. The number of aliphatic hydroxyl groups is 7. The first-order valence-electron chi connectivity index (χ1n) is 20.5. The van der Waals surface area contributed by atoms with Crippen molar-refractivity contribution in [2.24, 2.45) is 17.8 Å². The van der Waals surface area contributed by atoms with Gasteiger partial charge in [-0.15, -0.1) is 6.58 Å². The van der Waals surface area contributed by atoms with Gasteiger partial charge >= 0.3 is 23.9 Å². The van der Waals surface area contributed by atoms with Crippen LogP contribution in [0.5, 0.6) is 11.5 Å². The molecule has 6 rings (SSSR count). The largest absolute Gasteiger partial charge is 0.504 e. The Morgan fingerprint density at radius 3 is 2.05 bits per heavy atom. The van der Waals surface area contributed by atoms with Gasteiger partial charge in [0.05, 0.1) is 43.1 Å². The molecule has 18 unspecified atom stereocenters. The van der Waals surface area contributed by atoms with E-state index < -0.39 is 177 Å². The molecule has 18 atom stereocenters. The summed E-state index contributed by atoms with van der Waals surface area (Å²) in [5.41, 5.74) is -0.317. The molecular formula is C41H52O24. The fraction of sp³-hybridized carbons (Fsp3) is 0.634. The van der Waals surface area contributed by atoms with E-state index in [-0.39, 0.29) is 12.2 Å². The molecular weight excluding hydrogens is 876 g/mol. The number of aromatic hydroxyl groups is 1. The maximum atomic E-state index is 14.7. The lowest BCUT2D eigenvalue weighted by molar-refractivity contribution is -0.352. The van der Waals surface area contributed by atoms with Crippen molar-refractivity contribution in [3.63, 3.8) is 0 Å². The Hall–Kier alpha value is -4.83. The summed E-state index contributed by atoms with van der Waals surface area (Å²) in [5.74, 6) is -8.76. The lowest BCUT2D eigenvalue weighted by atomic mass is 9.80. The van der Waals surface area contributed by atoms with Gasteiger partial charge in [0.2, 0.25) is 18.9 Å². The third kappa shape index (κ3) is 10.6. The van der Waals surface area contributed by atoms with Crippen molar-refractivity contribution >= 4 is 29.7 Å². The fourth-order valence-electron chi connectivity index (χ4n) is 8.25. The van der Waals surface area contributed by atoms with Crippen molar-refractivity contribution in [1.29, 1.82) is 0 Å². The number of carbonyl (C=O) groups excluding carboxylic acids is 5. The number of ether oxygens (including phenoxy) is 11. The Bertz CT molecular complexity index is 1940. The summed E-state index contributed by atoms with van der Waals surface area (Å²) in [6.45, 7) is 4.63. The fourth-order valence-corrected chi connectivity index (χ4v) is 8.25. The van der Waals surface area contributed by atoms with E-state index in [1.807, 2.05) is 0 Å². The third-order valence-corrected chi connectivity index (χ3v) is 11.4. The van der Waals surface area contributed by atoms with E-state index in [0.29, 0.717) is 6.42 Å². The van der Waals surface area contributed by atoms with Crippen LogP contribution >= 0.6 is 0 Å². The van der Waals surface area contributed by atoms with Crippen molar-refractivity contribution < 1.29 is 117 Å². The van der Waals surface area contributed by atoms with Crippen LogP contribution in [0.4, 0.5) is 0 Å². The molecule has 65 heavy (non-hydrogen) atoms. The van der Waals surface area contributed by atoms with Crippen molar-refractivity contribution in [2.75, 3.05) is 26.4 Å². The van der Waals surface area contributed by atoms with Crippen molar-refractivity contribution in [2.45, 2.75) is 119 Å². The molecule has 360 valence electrons. The van der Waals surface area contributed by atoms with Gasteiger partial charge in [-0.1, -0.05) is 12.1 Å². The number of para-hydroxylation sites is 1. The Morgan fingerprint density at radius 1 is 0.754 bits per heavy atom. The molecule has 0 aromatic heterocycles. The zero-order valence-corrected chi connectivity index (χ0v) is 35.1. The first kappa shape index (κ1) is 49.6. The highest BCUT2D eigenvalue weighted by Gasteiger charge is 2.56. The number of phenols is 1. The first-order valence-corrected chi connectivity index (χ1v) is 20.5. The Kier molecular flexibility index (Phi) is 16.2. The van der Waals surface area contributed by atoms with Crippen LogP contribution in [-0.2, 0) is 66.5 Å². The average molecular weight is 929 g/mol. The highest BCUT2D eigenvalue weighted by atomic mass is 16.8. The van der Waals surface area contributed by atoms with E-state index in [4.69, 9.17) is 52.1 Å². The molecule has 0 radical (unpaired) electrons. The highest BCUT2D eigenvalue weighted by Crippen LogP contribution is 2.42. The predicted molar refractivity (Wildman–Crippen MR) is 206 cm³/mol. The van der Waals surface area contributed by atoms with Crippen molar-refractivity contribution in [3.05, 3.63) is 48.3 Å². The standard InChI is InChI=1S/C41H52O24/c1-5-18-19-9-10-55-37(54)21(19)13-57-38(18)65-41-36(59-17(4)46)35(58-16(3)45)26(25(63-41)14-56-15(2)44)28(48)20-7-6-8-22(27(20)47)60-39-33(53)31(51)34(24(12-43)62-39)64-40-32(52)30(50)29(49)23(11-42)61-40/h5-8,13,18-19,23-26,29-36,38-43,47,49-53H,1,9-12,14H2,2-4H3. The number of fused-ring (bicyclic) bond motifs is 1. The van der Waals surface area contributed by atoms with Gasteiger partial charge in [-0.25, -0.2) is 4.79 Å². The molecule has 4 fully saturated rings. The summed E-state index contributed by atoms with van der Waals surface area (Å²) >= 11 is 0. The molecule has 5 heterocycles. The van der Waals surface area contributed by atoms with Gasteiger partial charge in [0.1, 0.15) is 61.5 Å². The number of esters is 4. The van der Waals surface area contributed by atoms with Gasteiger partial charge < -0.3 is 93.0 Å². The molecule has 0 bridgehead atoms. The van der Waals surface area contributed by atoms with Crippen LogP contribution in [0, 0.1) is 17.8 Å². The van der Waals surface area contributed by atoms with Crippen LogP contribution in [-0.4, -0.2) is 189 Å². The second-order valence-electron chi connectivity index (χ2n) is 15.7. The van der Waals surface area contributed by atoms with E-state index in [1.165, 1.54) is 12.1 Å². The molecule has 8 N–H and O–H groups in total. The first-order chi connectivity index (χ1) is 30.9. The summed E-state index contributed by atoms with van der Waals surface area (Å²) < 4.78 is 62.0. The minimum atomic E-state index is -2.05. The predicted octanol–water partition coefficient (Wildman–Crippen LogP) is -3.03. The number of phenolic OH excluding ortho intramolecular Hbond substituents is 1. The number of aliphatic hydroxyl groups excluding tert-OH is 7. The number of ketones is 1. The third-order valence-electron chi connectivity index (χ3n) is 11.4. The number of cyclic esters (lactones) is 1. The zero-order chi connectivity index (χ0) is 47.4. The van der Waals surface area contributed by atoms with Crippen LogP contribution in [0.25, 0.3) is 0 Å². The highest BCUT2D eigenvalue weighted by molar-refractivity contribution is 6.02. The monoisotopic (exact) mass is 928 g/mol. The van der Waals surface area contributed by atoms with Crippen molar-refractivity contribution in [3.8, 4) is 11.5 Å². The lowest BCUT2D eigenvalue weighted by Crippen LogP contribution is -2.65. The molecule has 0 aliphatic carbocycles. The molecule has 1 aromatic rings. The van der Waals surface area contributed by atoms with Gasteiger partial charge in [0.15, 0.2) is 35.8 Å². The average Bonchev–Trinajstić information content (AvgIpc) is 3.26. The second kappa shape index (κ2) is 21.2. The molecule has 4 saturated heterocycles. The van der Waals surface area contributed by atoms with Gasteiger partial charge in [0, 0.05) is 32.6 Å². The second-order valence-corrected chi connectivity index (χ2v) is 15.7. The zero-order valence-electron chi connectivity index (χ0n) is 35.1. The SMILES string of the molecule is C=CC1C(OC2OC(COC(C)=O)C(C(=O)c3cccc(OC4OC(CO)C(OC5OC(CO)C(O)C(O)C5O)C(O)C4O)c3O)C(OC(C)=O)C2OC(C)=O)OC=C2C(=O)OCCC21. The lowest BCUT2D eigenvalue weighted by Gasteiger charge is -2.46. The summed E-state index contributed by atoms with van der Waals surface area (Å²) in [6.07, 6.45) is -23.0. The summed E-state index contributed by atoms with van der Waals surface area (Å²) in [6, 6.07) is 3.48. The van der Waals surface area contributed by atoms with Gasteiger partial charge in [0.25, 0.3) is 0 Å². The van der Waals surface area contributed by atoms with E-state index in [2.05, 4.69) is 6.58 Å². The summed E-state index contributed by atoms with van der Waals surface area (Å²) in [5, 5.41) is 84.3. The molecule has 1 aromatic carbocycles. The van der Waals surface area contributed by atoms with E-state index in [9.17, 15) is 64.8 Å². The van der Waals surface area contributed by atoms with Gasteiger partial charge in [-0.05, 0) is 18.6 Å². The quantitative estimate of drug-likeness (QED) is 0.0375. The topological polar surface area (TPSA) is 349 Å². The number of Topliss-reactive ketones (excluding diaryl/α,β-unsaturated/α-hetero) is 1. The van der Waals surface area contributed by atoms with Gasteiger partial charge in [-0.3, -0.25) is 19.2 Å². The maximum Gasteiger partial charge on any atom is 0.337 e. The van der Waals surface area contributed by atoms with Crippen LogP contribution in [0.2, 0.25) is 0 Å². The van der Waals surface area contributed by atoms with E-state index in [0.717, 1.165) is 39.2 Å². The van der Waals surface area contributed by atoms with E-state index >= 15 is 0 Å². The molecule has 0 spiro atoms. The summed E-state index contributed by atoms with van der Waals surface area (Å²) in [7, 11) is 0. The van der Waals surface area contributed by atoms with Crippen LogP contribution in [0.15, 0.2) is 42.7 Å². The van der Waals surface area contributed by atoms with Crippen LogP contribution in [0.3, 0.4) is 0 Å². The summed E-state index contributed by atoms with van der Waals surface area (Å²) in [4.78, 5) is 64.7. The molecule has 24 heteroatoms. The van der Waals surface area contributed by atoms with Crippen LogP contribution < -0.4 is 4.74 Å². The number of hydrogen-bond donors (Lipinski definition) is 8. The van der Waals surface area contributed by atoms with Gasteiger partial charge in [-0.2, -0.15) is 0 Å². The number of carbonyl (C=O) groups is 5. The Balaban J connectivity index is 1.27. The number of rotatable bonds is 15. The Labute approximate surface area is 369 Å². The molecule has 0 saturated carbocycles. The smallest absolute Gasteiger partial charge is 0.337 e. The molecule has 24 nitrogen and oxygen atoms in total. The molecule has 0 amide bonds. The minimum Gasteiger partial charge on any atom is -0.504 e. The number of benzene rings is 1. The number of hydrogen-bond acceptors (Lipinski definition) is 24. The maximum absolute atomic E-state index is 14.7. The van der Waals surface area contributed by atoms with Crippen molar-refractivity contribution in [1.82, 2.24) is 0 Å². The van der Waals surface area contributed by atoms with Crippen LogP contribution in [0.1, 0.15) is 37.6 Å². The molecule has 5 aliphatic heterocycles. The van der Waals surface area contributed by atoms with E-state index in [1.54, 1.807) is 0 Å². The Morgan fingerprint density at radius 2 is 1.40 bits per heavy atom. The normalized spacial score (nSPS) is 38.1. The minimum absolute atomic E-state index is 0.0963.